The zero-order chi connectivity index (χ0) is 12.5. The van der Waals surface area contributed by atoms with Gasteiger partial charge in [0, 0.05) is 0 Å². The topological polar surface area (TPSA) is 20.2 Å². The van der Waals surface area contributed by atoms with Gasteiger partial charge in [-0.1, -0.05) is 31.7 Å². The number of aromatic hydroxyl groups is 1. The second-order valence-corrected chi connectivity index (χ2v) is 6.18. The fourth-order valence-corrected chi connectivity index (χ4v) is 4.09. The van der Waals surface area contributed by atoms with Gasteiger partial charge in [0.15, 0.2) is 0 Å². The summed E-state index contributed by atoms with van der Waals surface area (Å²) in [5.74, 6) is 1.98. The number of rotatable bonds is 2. The fourth-order valence-electron chi connectivity index (χ4n) is 4.09. The second kappa shape index (κ2) is 4.95. The summed E-state index contributed by atoms with van der Waals surface area (Å²) in [6.07, 6.45) is 10.8. The van der Waals surface area contributed by atoms with Crippen molar-refractivity contribution < 1.29 is 5.11 Å². The van der Waals surface area contributed by atoms with Gasteiger partial charge in [-0.3, -0.25) is 0 Å². The van der Waals surface area contributed by atoms with Crippen LogP contribution < -0.4 is 0 Å². The first kappa shape index (κ1) is 12.1. The van der Waals surface area contributed by atoms with E-state index < -0.39 is 0 Å². The highest BCUT2D eigenvalue weighted by atomic mass is 16.3. The largest absolute Gasteiger partial charge is 0.508 e. The summed E-state index contributed by atoms with van der Waals surface area (Å²) in [5.41, 5.74) is 4.24. The zero-order valence-corrected chi connectivity index (χ0v) is 11.4. The summed E-state index contributed by atoms with van der Waals surface area (Å²) in [7, 11) is 0. The molecular formula is C17H24O. The number of phenolic OH excluding ortho intramolecular Hbond substituents is 1. The fraction of sp³-hybridized carbons (Fsp3) is 0.647. The molecule has 98 valence electrons. The van der Waals surface area contributed by atoms with E-state index in [4.69, 9.17) is 0 Å². The SMILES string of the molecule is Cc1c(O)ccc(C2CCCC2)c1C1CCCC1. The van der Waals surface area contributed by atoms with Gasteiger partial charge in [-0.05, 0) is 67.2 Å². The Morgan fingerprint density at radius 3 is 2.06 bits per heavy atom. The molecule has 0 bridgehead atoms. The van der Waals surface area contributed by atoms with Crippen molar-refractivity contribution in [3.8, 4) is 5.75 Å². The number of hydrogen-bond donors (Lipinski definition) is 1. The molecule has 0 unspecified atom stereocenters. The summed E-state index contributed by atoms with van der Waals surface area (Å²) in [6.45, 7) is 2.11. The molecule has 2 fully saturated rings. The highest BCUT2D eigenvalue weighted by Gasteiger charge is 2.27. The van der Waals surface area contributed by atoms with E-state index >= 15 is 0 Å². The Morgan fingerprint density at radius 2 is 1.44 bits per heavy atom. The van der Waals surface area contributed by atoms with E-state index in [1.54, 1.807) is 5.56 Å². The molecule has 0 spiro atoms. The predicted octanol–water partition coefficient (Wildman–Crippen LogP) is 5.02. The summed E-state index contributed by atoms with van der Waals surface area (Å²) in [5, 5.41) is 10.0. The smallest absolute Gasteiger partial charge is 0.118 e. The van der Waals surface area contributed by atoms with E-state index in [0.29, 0.717) is 11.7 Å². The van der Waals surface area contributed by atoms with Gasteiger partial charge in [0.2, 0.25) is 0 Å². The maximum absolute atomic E-state index is 10.0. The molecule has 0 aliphatic heterocycles. The van der Waals surface area contributed by atoms with Crippen LogP contribution in [0.3, 0.4) is 0 Å². The van der Waals surface area contributed by atoms with Gasteiger partial charge in [0.1, 0.15) is 5.75 Å². The molecule has 1 nitrogen and oxygen atoms in total. The summed E-state index contributed by atoms with van der Waals surface area (Å²) in [6, 6.07) is 4.13. The first-order chi connectivity index (χ1) is 8.77. The van der Waals surface area contributed by atoms with Crippen molar-refractivity contribution in [2.45, 2.75) is 70.1 Å². The third-order valence-corrected chi connectivity index (χ3v) is 5.08. The Bertz CT molecular complexity index is 423. The number of phenols is 1. The standard InChI is InChI=1S/C17H24O/c1-12-16(18)11-10-15(13-6-2-3-7-13)17(12)14-8-4-5-9-14/h10-11,13-14,18H,2-9H2,1H3. The van der Waals surface area contributed by atoms with Crippen LogP contribution in [0.2, 0.25) is 0 Å². The van der Waals surface area contributed by atoms with Gasteiger partial charge in [0.05, 0.1) is 0 Å². The Hall–Kier alpha value is -0.980. The van der Waals surface area contributed by atoms with Crippen LogP contribution in [0, 0.1) is 6.92 Å². The highest BCUT2D eigenvalue weighted by Crippen LogP contribution is 2.45. The average Bonchev–Trinajstić information content (AvgIpc) is 3.03. The van der Waals surface area contributed by atoms with Gasteiger partial charge < -0.3 is 5.11 Å². The van der Waals surface area contributed by atoms with Crippen LogP contribution >= 0.6 is 0 Å². The Morgan fingerprint density at radius 1 is 0.889 bits per heavy atom. The summed E-state index contributed by atoms with van der Waals surface area (Å²) in [4.78, 5) is 0. The van der Waals surface area contributed by atoms with Crippen molar-refractivity contribution in [3.63, 3.8) is 0 Å². The minimum absolute atomic E-state index is 0.499. The predicted molar refractivity (Wildman–Crippen MR) is 75.3 cm³/mol. The Kier molecular flexibility index (Phi) is 3.32. The van der Waals surface area contributed by atoms with Gasteiger partial charge in [-0.15, -0.1) is 0 Å². The van der Waals surface area contributed by atoms with Crippen molar-refractivity contribution >= 4 is 0 Å². The molecule has 1 heteroatoms. The molecule has 0 aromatic heterocycles. The summed E-state index contributed by atoms with van der Waals surface area (Å²) >= 11 is 0. The number of benzene rings is 1. The second-order valence-electron chi connectivity index (χ2n) is 6.18. The highest BCUT2D eigenvalue weighted by molar-refractivity contribution is 5.47. The minimum Gasteiger partial charge on any atom is -0.508 e. The maximum atomic E-state index is 10.0. The van der Waals surface area contributed by atoms with Crippen molar-refractivity contribution in [2.75, 3.05) is 0 Å². The van der Waals surface area contributed by atoms with Crippen molar-refractivity contribution in [1.82, 2.24) is 0 Å². The lowest BCUT2D eigenvalue weighted by molar-refractivity contribution is 0.467. The van der Waals surface area contributed by atoms with E-state index in [-0.39, 0.29) is 0 Å². The Labute approximate surface area is 110 Å². The zero-order valence-electron chi connectivity index (χ0n) is 11.4. The molecule has 2 aliphatic rings. The maximum Gasteiger partial charge on any atom is 0.118 e. The van der Waals surface area contributed by atoms with Crippen molar-refractivity contribution in [3.05, 3.63) is 28.8 Å². The lowest BCUT2D eigenvalue weighted by Gasteiger charge is -2.23. The van der Waals surface area contributed by atoms with Crippen LogP contribution in [-0.4, -0.2) is 5.11 Å². The normalized spacial score (nSPS) is 21.8. The van der Waals surface area contributed by atoms with Crippen LogP contribution in [0.5, 0.6) is 5.75 Å². The van der Waals surface area contributed by atoms with Crippen LogP contribution in [-0.2, 0) is 0 Å². The van der Waals surface area contributed by atoms with Crippen LogP contribution in [0.1, 0.15) is 79.9 Å². The molecular weight excluding hydrogens is 220 g/mol. The minimum atomic E-state index is 0.499. The molecule has 2 saturated carbocycles. The van der Waals surface area contributed by atoms with E-state index in [9.17, 15) is 5.11 Å². The molecule has 3 rings (SSSR count). The van der Waals surface area contributed by atoms with Crippen LogP contribution in [0.15, 0.2) is 12.1 Å². The molecule has 2 aliphatic carbocycles. The van der Waals surface area contributed by atoms with Crippen molar-refractivity contribution in [2.24, 2.45) is 0 Å². The van der Waals surface area contributed by atoms with E-state index in [1.165, 1.54) is 56.9 Å². The average molecular weight is 244 g/mol. The molecule has 18 heavy (non-hydrogen) atoms. The third kappa shape index (κ3) is 2.04. The molecule has 0 amide bonds. The summed E-state index contributed by atoms with van der Waals surface area (Å²) < 4.78 is 0. The monoisotopic (exact) mass is 244 g/mol. The molecule has 1 aromatic carbocycles. The molecule has 1 N–H and O–H groups in total. The third-order valence-electron chi connectivity index (χ3n) is 5.08. The van der Waals surface area contributed by atoms with Gasteiger partial charge in [-0.25, -0.2) is 0 Å². The Balaban J connectivity index is 2.03. The molecule has 0 atom stereocenters. The van der Waals surface area contributed by atoms with Gasteiger partial charge >= 0.3 is 0 Å². The lowest BCUT2D eigenvalue weighted by atomic mass is 9.83. The lowest BCUT2D eigenvalue weighted by Crippen LogP contribution is -2.05. The van der Waals surface area contributed by atoms with Crippen LogP contribution in [0.25, 0.3) is 0 Å². The molecule has 1 aromatic rings. The number of hydrogen-bond acceptors (Lipinski definition) is 1. The van der Waals surface area contributed by atoms with E-state index in [1.807, 2.05) is 6.07 Å². The first-order valence-electron chi connectivity index (χ1n) is 7.59. The first-order valence-corrected chi connectivity index (χ1v) is 7.59. The van der Waals surface area contributed by atoms with Gasteiger partial charge in [-0.2, -0.15) is 0 Å². The van der Waals surface area contributed by atoms with Crippen molar-refractivity contribution in [1.29, 1.82) is 0 Å². The van der Waals surface area contributed by atoms with Gasteiger partial charge in [0.25, 0.3) is 0 Å². The quantitative estimate of drug-likeness (QED) is 0.774. The molecule has 0 heterocycles. The van der Waals surface area contributed by atoms with E-state index in [2.05, 4.69) is 13.0 Å². The van der Waals surface area contributed by atoms with Crippen LogP contribution in [0.4, 0.5) is 0 Å². The molecule has 0 saturated heterocycles. The molecule has 0 radical (unpaired) electrons. The van der Waals surface area contributed by atoms with E-state index in [0.717, 1.165) is 11.5 Å².